The van der Waals surface area contributed by atoms with Crippen LogP contribution in [0.4, 0.5) is 0 Å². The van der Waals surface area contributed by atoms with Gasteiger partial charge in [-0.25, -0.2) is 0 Å². The Morgan fingerprint density at radius 2 is 0.844 bits per heavy atom. The van der Waals surface area contributed by atoms with Gasteiger partial charge in [-0.05, 0) is 94.6 Å². The molecule has 1 aliphatic heterocycles. The molecule has 0 unspecified atom stereocenters. The Balaban J connectivity index is 0.000000609. The van der Waals surface area contributed by atoms with E-state index in [-0.39, 0.29) is 23.1 Å². The van der Waals surface area contributed by atoms with E-state index in [0.717, 1.165) is 28.1 Å². The molecule has 7 rings (SSSR count). The molecule has 0 spiro atoms. The first-order valence-electron chi connectivity index (χ1n) is 15.2. The smallest absolute Gasteiger partial charge is 0.394 e. The van der Waals surface area contributed by atoms with Crippen LogP contribution in [-0.2, 0) is 37.6 Å². The summed E-state index contributed by atoms with van der Waals surface area (Å²) in [7, 11) is 3.61. The van der Waals surface area contributed by atoms with E-state index in [1.807, 2.05) is 32.1 Å². The van der Waals surface area contributed by atoms with E-state index in [9.17, 15) is 0 Å². The number of hydrogen-bond donors (Lipinski definition) is 0. The van der Waals surface area contributed by atoms with E-state index >= 15 is 0 Å². The third-order valence-corrected chi connectivity index (χ3v) is 8.70. The summed E-state index contributed by atoms with van der Waals surface area (Å²) >= 11 is 0. The second-order valence-electron chi connectivity index (χ2n) is 11.4. The zero-order valence-corrected chi connectivity index (χ0v) is 27.0. The zero-order chi connectivity index (χ0) is 30.4. The molecule has 3 aliphatic rings. The van der Waals surface area contributed by atoms with E-state index in [4.69, 9.17) is 9.31 Å². The predicted molar refractivity (Wildman–Crippen MR) is 179 cm³/mol. The molecule has 45 heavy (non-hydrogen) atoms. The van der Waals surface area contributed by atoms with Crippen LogP contribution in [0.5, 0.6) is 0 Å². The van der Waals surface area contributed by atoms with Crippen LogP contribution in [0.1, 0.15) is 29.2 Å². The summed E-state index contributed by atoms with van der Waals surface area (Å²) in [6, 6.07) is 42.4. The first-order chi connectivity index (χ1) is 21.6. The minimum absolute atomic E-state index is 0. The number of rotatable bonds is 7. The summed E-state index contributed by atoms with van der Waals surface area (Å²) in [5, 5.41) is 0. The average molecular weight is 631 g/mol. The van der Waals surface area contributed by atoms with E-state index in [2.05, 4.69) is 167 Å². The summed E-state index contributed by atoms with van der Waals surface area (Å²) in [6.07, 6.45) is 16.4. The van der Waals surface area contributed by atoms with Gasteiger partial charge in [0.25, 0.3) is 0 Å². The normalized spacial score (nSPS) is 20.0. The first-order valence-corrected chi connectivity index (χ1v) is 15.2. The molecule has 1 saturated heterocycles. The van der Waals surface area contributed by atoms with Gasteiger partial charge in [0.15, 0.2) is 0 Å². The van der Waals surface area contributed by atoms with Gasteiger partial charge in [0.05, 0.1) is 0 Å². The second kappa shape index (κ2) is 15.3. The summed E-state index contributed by atoms with van der Waals surface area (Å²) in [5.41, 5.74) is 2.22. The maximum absolute atomic E-state index is 7.42. The van der Waals surface area contributed by atoms with E-state index < -0.39 is 18.3 Å². The number of hydrogen-bond acceptors (Lipinski definition) is 3. The van der Waals surface area contributed by atoms with Crippen LogP contribution < -0.4 is 0 Å². The van der Waals surface area contributed by atoms with Crippen molar-refractivity contribution in [2.45, 2.75) is 24.2 Å². The molecule has 2 saturated carbocycles. The monoisotopic (exact) mass is 631 g/mol. The van der Waals surface area contributed by atoms with Gasteiger partial charge in [-0.1, -0.05) is 121 Å². The molecule has 2 aliphatic carbocycles. The van der Waals surface area contributed by atoms with Gasteiger partial charge in [-0.3, -0.25) is 0 Å². The molecule has 1 atom stereocenters. The van der Waals surface area contributed by atoms with Crippen molar-refractivity contribution in [3.8, 4) is 0 Å². The summed E-state index contributed by atoms with van der Waals surface area (Å²) in [5.74, 6) is 2.26. The third kappa shape index (κ3) is 6.48. The minimum atomic E-state index is -0.973. The van der Waals surface area contributed by atoms with Crippen molar-refractivity contribution in [3.05, 3.63) is 207 Å². The standard InChI is InChI=1S/C35H33BNO2.C5H5.Fe/c1-27(37(2)3)32-25-16-26-33(32)36-38-34(28-17-8-4-9-18-28,29-19-10-5-11-20-29)35(39-36,30-21-12-6-13-22-30)31-23-14-7-15-24-31;1-2-4-5-3-1;/h4-27H,1-3H3;1-5H;/q;;+2/t27-;;/m0../s1. The van der Waals surface area contributed by atoms with E-state index in [1.54, 1.807) is 0 Å². The quantitative estimate of drug-likeness (QED) is 0.195. The molecular formula is C40H38BFeNO2+2. The SMILES string of the molecule is C[C@@H]([C]1[CH][CH][CH][C]1B1OC(c2ccccc2)(c2ccccc2)C(c2ccccc2)(c2ccccc2)O1)N(C)C.[CH]1[CH][CH][CH][CH]1.[Fe+2]. The maximum atomic E-state index is 7.42. The van der Waals surface area contributed by atoms with Crippen molar-refractivity contribution in [3.63, 3.8) is 0 Å². The van der Waals surface area contributed by atoms with Crippen molar-refractivity contribution in [1.82, 2.24) is 4.90 Å². The molecule has 0 N–H and O–H groups in total. The Morgan fingerprint density at radius 1 is 0.511 bits per heavy atom. The third-order valence-electron chi connectivity index (χ3n) is 8.70. The molecular weight excluding hydrogens is 593 g/mol. The summed E-state index contributed by atoms with van der Waals surface area (Å²) in [6.45, 7) is 2.22. The van der Waals surface area contributed by atoms with Gasteiger partial charge in [0.2, 0.25) is 0 Å². The Labute approximate surface area is 282 Å². The van der Waals surface area contributed by atoms with Crippen LogP contribution in [0.15, 0.2) is 121 Å². The molecule has 0 amide bonds. The van der Waals surface area contributed by atoms with E-state index in [1.165, 1.54) is 5.92 Å². The Bertz CT molecular complexity index is 1260. The molecule has 3 fully saturated rings. The molecule has 3 nitrogen and oxygen atoms in total. The second-order valence-corrected chi connectivity index (χ2v) is 11.4. The van der Waals surface area contributed by atoms with Crippen molar-refractivity contribution >= 4 is 7.12 Å². The van der Waals surface area contributed by atoms with Crippen molar-refractivity contribution in [2.24, 2.45) is 0 Å². The van der Waals surface area contributed by atoms with Crippen LogP contribution in [0, 0.1) is 63.1 Å². The van der Waals surface area contributed by atoms with Gasteiger partial charge >= 0.3 is 24.2 Å². The molecule has 4 aromatic carbocycles. The van der Waals surface area contributed by atoms with E-state index in [0.29, 0.717) is 0 Å². The van der Waals surface area contributed by atoms with Gasteiger partial charge in [0, 0.05) is 17.8 Å². The van der Waals surface area contributed by atoms with Gasteiger partial charge in [0.1, 0.15) is 11.2 Å². The fraction of sp³-hybridized carbons (Fsp3) is 0.150. The molecule has 1 heterocycles. The Kier molecular flexibility index (Phi) is 11.4. The van der Waals surface area contributed by atoms with Gasteiger partial charge in [-0.2, -0.15) is 0 Å². The summed E-state index contributed by atoms with van der Waals surface area (Å²) < 4.78 is 14.8. The fourth-order valence-electron chi connectivity index (χ4n) is 6.39. The van der Waals surface area contributed by atoms with Crippen molar-refractivity contribution < 1.29 is 26.4 Å². The molecule has 4 aromatic rings. The van der Waals surface area contributed by atoms with Gasteiger partial charge < -0.3 is 14.2 Å². The number of nitrogens with zero attached hydrogens (tertiary/aromatic N) is 1. The Hall–Kier alpha value is -2.66. The van der Waals surface area contributed by atoms with Crippen LogP contribution in [0.25, 0.3) is 0 Å². The first kappa shape index (κ1) is 33.7. The van der Waals surface area contributed by atoms with Crippen molar-refractivity contribution in [1.29, 1.82) is 0 Å². The minimum Gasteiger partial charge on any atom is -0.394 e. The average Bonchev–Trinajstić information content (AvgIpc) is 3.88. The Morgan fingerprint density at radius 3 is 1.16 bits per heavy atom. The fourth-order valence-corrected chi connectivity index (χ4v) is 6.39. The predicted octanol–water partition coefficient (Wildman–Crippen LogP) is 7.69. The zero-order valence-electron chi connectivity index (χ0n) is 25.9. The van der Waals surface area contributed by atoms with Crippen LogP contribution in [0.2, 0.25) is 0 Å². The van der Waals surface area contributed by atoms with Gasteiger partial charge in [-0.15, -0.1) is 0 Å². The topological polar surface area (TPSA) is 21.7 Å². The number of benzene rings is 4. The molecule has 0 aromatic heterocycles. The summed E-state index contributed by atoms with van der Waals surface area (Å²) in [4.78, 5) is 2.22. The van der Waals surface area contributed by atoms with Crippen molar-refractivity contribution in [2.75, 3.05) is 14.1 Å². The van der Waals surface area contributed by atoms with Crippen LogP contribution >= 0.6 is 0 Å². The molecule has 10 radical (unpaired) electrons. The van der Waals surface area contributed by atoms with Crippen LogP contribution in [0.3, 0.4) is 0 Å². The largest absolute Gasteiger partial charge is 2.00 e. The maximum Gasteiger partial charge on any atom is 2.00 e. The molecule has 224 valence electrons. The molecule has 5 heteroatoms. The van der Waals surface area contributed by atoms with Crippen LogP contribution in [-0.4, -0.2) is 32.2 Å². The molecule has 0 bridgehead atoms.